The van der Waals surface area contributed by atoms with E-state index >= 15 is 0 Å². The summed E-state index contributed by atoms with van der Waals surface area (Å²) in [5.41, 5.74) is 3.38. The van der Waals surface area contributed by atoms with Crippen LogP contribution in [0, 0.1) is 5.92 Å². The molecule has 3 aliphatic carbocycles. The summed E-state index contributed by atoms with van der Waals surface area (Å²) in [5, 5.41) is 9.56. The zero-order valence-electron chi connectivity index (χ0n) is 9.46. The molecule has 0 unspecified atom stereocenters. The number of phenolic OH excluding ortho intramolecular Hbond substituents is 1. The lowest BCUT2D eigenvalue weighted by Crippen LogP contribution is -2.55. The first kappa shape index (κ1) is 9.26. The van der Waals surface area contributed by atoms with Gasteiger partial charge in [-0.3, -0.25) is 0 Å². The summed E-state index contributed by atoms with van der Waals surface area (Å²) >= 11 is 0. The Hall–Kier alpha value is -0.980. The first-order valence-electron chi connectivity index (χ1n) is 5.94. The molecule has 0 saturated heterocycles. The molecule has 1 aromatic rings. The predicted molar refractivity (Wildman–Crippen MR) is 61.2 cm³/mol. The molecule has 15 heavy (non-hydrogen) atoms. The van der Waals surface area contributed by atoms with Crippen molar-refractivity contribution in [2.45, 2.75) is 44.4 Å². The molecule has 1 heteroatoms. The Balaban J connectivity index is 2.06. The molecular formula is C14H18O. The minimum atomic E-state index is 0.411. The van der Waals surface area contributed by atoms with Crippen LogP contribution in [0.25, 0.3) is 0 Å². The highest BCUT2D eigenvalue weighted by molar-refractivity contribution is 5.45. The van der Waals surface area contributed by atoms with Gasteiger partial charge in [0.2, 0.25) is 0 Å². The molecule has 1 aromatic carbocycles. The molecule has 0 atom stereocenters. The zero-order valence-corrected chi connectivity index (χ0v) is 9.46. The van der Waals surface area contributed by atoms with Crippen molar-refractivity contribution in [1.82, 2.24) is 0 Å². The van der Waals surface area contributed by atoms with Crippen LogP contribution in [0.4, 0.5) is 0 Å². The number of benzene rings is 1. The fraction of sp³-hybridized carbons (Fsp3) is 0.571. The fourth-order valence-corrected chi connectivity index (χ4v) is 3.32. The average molecular weight is 202 g/mol. The Morgan fingerprint density at radius 1 is 1.27 bits per heavy atom. The third-order valence-electron chi connectivity index (χ3n) is 4.27. The maximum absolute atomic E-state index is 9.56. The molecule has 0 aromatic heterocycles. The molecule has 3 fully saturated rings. The molecule has 3 aliphatic rings. The van der Waals surface area contributed by atoms with E-state index in [1.54, 1.807) is 0 Å². The largest absolute Gasteiger partial charge is 0.508 e. The van der Waals surface area contributed by atoms with Crippen LogP contribution >= 0.6 is 0 Å². The Labute approximate surface area is 91.1 Å². The molecule has 0 aliphatic heterocycles. The van der Waals surface area contributed by atoms with Crippen molar-refractivity contribution >= 4 is 0 Å². The van der Waals surface area contributed by atoms with E-state index in [1.165, 1.54) is 30.4 Å². The van der Waals surface area contributed by atoms with Crippen LogP contribution < -0.4 is 0 Å². The number of phenols is 1. The standard InChI is InChI=1S/C14H18O/c1-9(2)12-5-11(15)3-4-13(12)14-6-10(7-14)8-14/h3-5,9-10,15H,6-8H2,1-2H3. The highest BCUT2D eigenvalue weighted by Gasteiger charge is 2.57. The number of rotatable bonds is 2. The molecular weight excluding hydrogens is 184 g/mol. The summed E-state index contributed by atoms with van der Waals surface area (Å²) in [6.45, 7) is 4.42. The number of hydrogen-bond donors (Lipinski definition) is 1. The van der Waals surface area contributed by atoms with E-state index in [4.69, 9.17) is 0 Å². The molecule has 0 spiro atoms. The second-order valence-corrected chi connectivity index (χ2v) is 5.68. The second kappa shape index (κ2) is 2.78. The van der Waals surface area contributed by atoms with Gasteiger partial charge in [0.1, 0.15) is 5.75 Å². The molecule has 3 saturated carbocycles. The third kappa shape index (κ3) is 1.15. The zero-order chi connectivity index (χ0) is 10.6. The van der Waals surface area contributed by atoms with Gasteiger partial charge in [-0.2, -0.15) is 0 Å². The minimum absolute atomic E-state index is 0.411. The van der Waals surface area contributed by atoms with Crippen molar-refractivity contribution in [3.63, 3.8) is 0 Å². The van der Waals surface area contributed by atoms with Crippen molar-refractivity contribution in [3.05, 3.63) is 29.3 Å². The van der Waals surface area contributed by atoms with Gasteiger partial charge in [-0.25, -0.2) is 0 Å². The number of hydrogen-bond acceptors (Lipinski definition) is 1. The lowest BCUT2D eigenvalue weighted by atomic mass is 9.41. The van der Waals surface area contributed by atoms with E-state index in [0.717, 1.165) is 5.92 Å². The Bertz CT molecular complexity index is 389. The van der Waals surface area contributed by atoms with Gasteiger partial charge < -0.3 is 5.11 Å². The lowest BCUT2D eigenvalue weighted by Gasteiger charge is -2.63. The maximum Gasteiger partial charge on any atom is 0.115 e. The van der Waals surface area contributed by atoms with Crippen molar-refractivity contribution in [2.75, 3.05) is 0 Å². The van der Waals surface area contributed by atoms with Crippen LogP contribution in [0.1, 0.15) is 50.2 Å². The maximum atomic E-state index is 9.56. The van der Waals surface area contributed by atoms with Gasteiger partial charge in [-0.1, -0.05) is 19.9 Å². The topological polar surface area (TPSA) is 20.2 Å². The van der Waals surface area contributed by atoms with Gasteiger partial charge in [0, 0.05) is 0 Å². The minimum Gasteiger partial charge on any atom is -0.508 e. The van der Waals surface area contributed by atoms with Crippen LogP contribution in [-0.2, 0) is 5.41 Å². The van der Waals surface area contributed by atoms with Gasteiger partial charge in [-0.15, -0.1) is 0 Å². The van der Waals surface area contributed by atoms with Gasteiger partial charge in [0.25, 0.3) is 0 Å². The van der Waals surface area contributed by atoms with Gasteiger partial charge in [0.15, 0.2) is 0 Å². The monoisotopic (exact) mass is 202 g/mol. The van der Waals surface area contributed by atoms with E-state index < -0.39 is 0 Å². The molecule has 1 N–H and O–H groups in total. The van der Waals surface area contributed by atoms with Gasteiger partial charge >= 0.3 is 0 Å². The smallest absolute Gasteiger partial charge is 0.115 e. The van der Waals surface area contributed by atoms with E-state index in [0.29, 0.717) is 17.1 Å². The van der Waals surface area contributed by atoms with Gasteiger partial charge in [-0.05, 0) is 59.8 Å². The summed E-state index contributed by atoms with van der Waals surface area (Å²) in [6.07, 6.45) is 4.16. The third-order valence-corrected chi connectivity index (χ3v) is 4.27. The van der Waals surface area contributed by atoms with E-state index in [1.807, 2.05) is 12.1 Å². The van der Waals surface area contributed by atoms with Gasteiger partial charge in [0.05, 0.1) is 0 Å². The van der Waals surface area contributed by atoms with Crippen LogP contribution in [0.5, 0.6) is 5.75 Å². The molecule has 4 rings (SSSR count). The highest BCUT2D eigenvalue weighted by Crippen LogP contribution is 2.66. The van der Waals surface area contributed by atoms with Crippen molar-refractivity contribution in [1.29, 1.82) is 0 Å². The molecule has 0 heterocycles. The van der Waals surface area contributed by atoms with E-state index in [2.05, 4.69) is 19.9 Å². The average Bonchev–Trinajstić information content (AvgIpc) is 2.02. The van der Waals surface area contributed by atoms with E-state index in [9.17, 15) is 5.11 Å². The second-order valence-electron chi connectivity index (χ2n) is 5.68. The van der Waals surface area contributed by atoms with Crippen LogP contribution in [0.3, 0.4) is 0 Å². The fourth-order valence-electron chi connectivity index (χ4n) is 3.32. The van der Waals surface area contributed by atoms with Crippen LogP contribution in [0.2, 0.25) is 0 Å². The first-order valence-corrected chi connectivity index (χ1v) is 5.94. The normalized spacial score (nSPS) is 32.3. The summed E-state index contributed by atoms with van der Waals surface area (Å²) in [5.74, 6) is 1.94. The SMILES string of the molecule is CC(C)c1cc(O)ccc1C12CC(C1)C2. The highest BCUT2D eigenvalue weighted by atomic mass is 16.3. The van der Waals surface area contributed by atoms with Crippen LogP contribution in [-0.4, -0.2) is 5.11 Å². The van der Waals surface area contributed by atoms with Crippen molar-refractivity contribution < 1.29 is 5.11 Å². The number of aromatic hydroxyl groups is 1. The summed E-state index contributed by atoms with van der Waals surface area (Å²) < 4.78 is 0. The van der Waals surface area contributed by atoms with Crippen molar-refractivity contribution in [2.24, 2.45) is 5.92 Å². The Kier molecular flexibility index (Phi) is 1.72. The quantitative estimate of drug-likeness (QED) is 0.777. The lowest BCUT2D eigenvalue weighted by molar-refractivity contribution is -0.0282. The van der Waals surface area contributed by atoms with E-state index in [-0.39, 0.29) is 0 Å². The molecule has 1 nitrogen and oxygen atoms in total. The predicted octanol–water partition coefficient (Wildman–Crippen LogP) is 3.57. The van der Waals surface area contributed by atoms with Crippen molar-refractivity contribution in [3.8, 4) is 5.75 Å². The molecule has 80 valence electrons. The molecule has 2 bridgehead atoms. The Morgan fingerprint density at radius 2 is 1.93 bits per heavy atom. The van der Waals surface area contributed by atoms with Crippen LogP contribution in [0.15, 0.2) is 18.2 Å². The molecule has 0 radical (unpaired) electrons. The summed E-state index contributed by atoms with van der Waals surface area (Å²) in [7, 11) is 0. The summed E-state index contributed by atoms with van der Waals surface area (Å²) in [6, 6.07) is 5.96. The first-order chi connectivity index (χ1) is 7.11. The Morgan fingerprint density at radius 3 is 2.40 bits per heavy atom. The molecule has 0 amide bonds. The summed E-state index contributed by atoms with van der Waals surface area (Å²) in [4.78, 5) is 0.